The van der Waals surface area contributed by atoms with Crippen molar-refractivity contribution >= 4 is 21.6 Å². The van der Waals surface area contributed by atoms with Crippen LogP contribution >= 0.6 is 11.6 Å². The van der Waals surface area contributed by atoms with Gasteiger partial charge in [-0.15, -0.1) is 0 Å². The van der Waals surface area contributed by atoms with Crippen LogP contribution < -0.4 is 0 Å². The molecule has 0 N–H and O–H groups in total. The largest absolute Gasteiger partial charge is 0.338 e. The van der Waals surface area contributed by atoms with Gasteiger partial charge in [0.1, 0.15) is 0 Å². The molecule has 2 aromatic carbocycles. The fraction of sp³-hybridized carbons (Fsp3) is 0.300. The van der Waals surface area contributed by atoms with Gasteiger partial charge in [0, 0.05) is 17.6 Å². The Hall–Kier alpha value is -2.22. The average Bonchev–Trinajstić information content (AvgIpc) is 3.12. The van der Waals surface area contributed by atoms with Crippen molar-refractivity contribution < 1.29 is 12.9 Å². The van der Waals surface area contributed by atoms with Gasteiger partial charge in [-0.25, -0.2) is 8.42 Å². The maximum atomic E-state index is 12.6. The van der Waals surface area contributed by atoms with Crippen LogP contribution in [0.15, 0.2) is 53.1 Å². The van der Waals surface area contributed by atoms with Crippen molar-refractivity contribution in [2.75, 3.05) is 7.05 Å². The smallest absolute Gasteiger partial charge is 0.242 e. The standard InChI is InChI=1S/C20H22ClN3O3S/c1-14(2)16-6-8-17(9-7-16)20-22-19(27-23-20)12-24(3)28(25,26)13-15-4-10-18(21)11-5-15/h4-11,14H,12-13H2,1-3H3. The molecular weight excluding hydrogens is 398 g/mol. The SMILES string of the molecule is CC(C)c1ccc(-c2noc(CN(C)S(=O)(=O)Cc3ccc(Cl)cc3)n2)cc1. The zero-order chi connectivity index (χ0) is 20.3. The van der Waals surface area contributed by atoms with Gasteiger partial charge in [0.15, 0.2) is 0 Å². The summed E-state index contributed by atoms with van der Waals surface area (Å²) in [7, 11) is -2.04. The van der Waals surface area contributed by atoms with E-state index in [0.717, 1.165) is 5.56 Å². The molecule has 148 valence electrons. The van der Waals surface area contributed by atoms with Crippen LogP contribution in [0.3, 0.4) is 0 Å². The lowest BCUT2D eigenvalue weighted by Gasteiger charge is -2.15. The Morgan fingerprint density at radius 1 is 1.07 bits per heavy atom. The summed E-state index contributed by atoms with van der Waals surface area (Å²) >= 11 is 5.84. The van der Waals surface area contributed by atoms with Gasteiger partial charge in [0.25, 0.3) is 0 Å². The van der Waals surface area contributed by atoms with E-state index >= 15 is 0 Å². The molecule has 0 bridgehead atoms. The molecule has 28 heavy (non-hydrogen) atoms. The number of hydrogen-bond donors (Lipinski definition) is 0. The lowest BCUT2D eigenvalue weighted by Crippen LogP contribution is -2.27. The lowest BCUT2D eigenvalue weighted by molar-refractivity contribution is 0.336. The summed E-state index contributed by atoms with van der Waals surface area (Å²) in [5.74, 6) is 0.992. The van der Waals surface area contributed by atoms with Crippen molar-refractivity contribution in [1.82, 2.24) is 14.4 Å². The Morgan fingerprint density at radius 2 is 1.71 bits per heavy atom. The number of sulfonamides is 1. The van der Waals surface area contributed by atoms with E-state index in [0.29, 0.717) is 22.3 Å². The molecule has 0 amide bonds. The third-order valence-corrected chi connectivity index (χ3v) is 6.43. The highest BCUT2D eigenvalue weighted by atomic mass is 35.5. The van der Waals surface area contributed by atoms with E-state index in [-0.39, 0.29) is 18.2 Å². The second-order valence-electron chi connectivity index (χ2n) is 6.93. The molecular formula is C20H22ClN3O3S. The molecule has 1 heterocycles. The third kappa shape index (κ3) is 4.98. The predicted octanol–water partition coefficient (Wildman–Crippen LogP) is 4.48. The average molecular weight is 420 g/mol. The normalized spacial score (nSPS) is 12.1. The number of hydrogen-bond acceptors (Lipinski definition) is 5. The predicted molar refractivity (Wildman–Crippen MR) is 109 cm³/mol. The van der Waals surface area contributed by atoms with Crippen LogP contribution in [0.1, 0.15) is 36.8 Å². The van der Waals surface area contributed by atoms with Crippen LogP contribution in [0, 0.1) is 0 Å². The first-order valence-corrected chi connectivity index (χ1v) is 10.8. The highest BCUT2D eigenvalue weighted by Crippen LogP contribution is 2.21. The molecule has 0 saturated carbocycles. The first kappa shape index (κ1) is 20.5. The molecule has 0 saturated heterocycles. The van der Waals surface area contributed by atoms with Crippen molar-refractivity contribution in [3.05, 3.63) is 70.6 Å². The van der Waals surface area contributed by atoms with E-state index in [9.17, 15) is 8.42 Å². The minimum Gasteiger partial charge on any atom is -0.338 e. The van der Waals surface area contributed by atoms with E-state index in [2.05, 4.69) is 24.0 Å². The Balaban J connectivity index is 1.68. The summed E-state index contributed by atoms with van der Waals surface area (Å²) in [5.41, 5.74) is 2.71. The van der Waals surface area contributed by atoms with Gasteiger partial charge in [0.2, 0.25) is 21.7 Å². The van der Waals surface area contributed by atoms with Crippen LogP contribution in [-0.2, 0) is 22.3 Å². The second kappa shape index (κ2) is 8.43. The van der Waals surface area contributed by atoms with E-state index in [4.69, 9.17) is 16.1 Å². The Bertz CT molecular complexity index is 1030. The molecule has 0 aliphatic heterocycles. The van der Waals surface area contributed by atoms with E-state index in [1.165, 1.54) is 16.9 Å². The first-order valence-electron chi connectivity index (χ1n) is 8.86. The molecule has 0 spiro atoms. The van der Waals surface area contributed by atoms with Crippen LogP contribution in [0.5, 0.6) is 0 Å². The number of nitrogens with zero attached hydrogens (tertiary/aromatic N) is 3. The van der Waals surface area contributed by atoms with Gasteiger partial charge in [-0.2, -0.15) is 9.29 Å². The molecule has 3 rings (SSSR count). The van der Waals surface area contributed by atoms with E-state index in [1.54, 1.807) is 24.3 Å². The second-order valence-corrected chi connectivity index (χ2v) is 9.44. The van der Waals surface area contributed by atoms with Crippen molar-refractivity contribution in [2.45, 2.75) is 32.1 Å². The zero-order valence-corrected chi connectivity index (χ0v) is 17.5. The number of aromatic nitrogens is 2. The quantitative estimate of drug-likeness (QED) is 0.564. The molecule has 0 fully saturated rings. The molecule has 1 aromatic heterocycles. The van der Waals surface area contributed by atoms with Crippen LogP contribution in [0.25, 0.3) is 11.4 Å². The minimum absolute atomic E-state index is 0.00695. The molecule has 0 radical (unpaired) electrons. The maximum absolute atomic E-state index is 12.6. The molecule has 3 aromatic rings. The maximum Gasteiger partial charge on any atom is 0.242 e. The summed E-state index contributed by atoms with van der Waals surface area (Å²) in [6.45, 7) is 4.26. The molecule has 0 aliphatic carbocycles. The number of benzene rings is 2. The van der Waals surface area contributed by atoms with Gasteiger partial charge in [-0.3, -0.25) is 0 Å². The van der Waals surface area contributed by atoms with Crippen molar-refractivity contribution in [3.63, 3.8) is 0 Å². The van der Waals surface area contributed by atoms with Crippen molar-refractivity contribution in [1.29, 1.82) is 0 Å². The fourth-order valence-electron chi connectivity index (χ4n) is 2.64. The first-order chi connectivity index (χ1) is 13.2. The summed E-state index contributed by atoms with van der Waals surface area (Å²) in [4.78, 5) is 4.33. The monoisotopic (exact) mass is 419 g/mol. The molecule has 0 atom stereocenters. The van der Waals surface area contributed by atoms with Gasteiger partial charge in [-0.05, 0) is 29.2 Å². The summed E-state index contributed by atoms with van der Waals surface area (Å²) in [6, 6.07) is 14.6. The molecule has 8 heteroatoms. The van der Waals surface area contributed by atoms with Crippen LogP contribution in [-0.4, -0.2) is 29.9 Å². The summed E-state index contributed by atoms with van der Waals surface area (Å²) in [6.07, 6.45) is 0. The summed E-state index contributed by atoms with van der Waals surface area (Å²) in [5, 5.41) is 4.53. The third-order valence-electron chi connectivity index (χ3n) is 4.40. The summed E-state index contributed by atoms with van der Waals surface area (Å²) < 4.78 is 31.6. The Labute approximate surface area is 170 Å². The van der Waals surface area contributed by atoms with Gasteiger partial charge < -0.3 is 4.52 Å². The lowest BCUT2D eigenvalue weighted by atomic mass is 10.0. The molecule has 6 nitrogen and oxygen atoms in total. The number of halogens is 1. The van der Waals surface area contributed by atoms with Gasteiger partial charge >= 0.3 is 0 Å². The molecule has 0 aliphatic rings. The minimum atomic E-state index is -3.53. The number of rotatable bonds is 7. The highest BCUT2D eigenvalue weighted by Gasteiger charge is 2.21. The van der Waals surface area contributed by atoms with Crippen LogP contribution in [0.2, 0.25) is 5.02 Å². The topological polar surface area (TPSA) is 76.3 Å². The Kier molecular flexibility index (Phi) is 6.17. The van der Waals surface area contributed by atoms with E-state index < -0.39 is 10.0 Å². The fourth-order valence-corrected chi connectivity index (χ4v) is 3.91. The van der Waals surface area contributed by atoms with Crippen molar-refractivity contribution in [3.8, 4) is 11.4 Å². The van der Waals surface area contributed by atoms with Crippen molar-refractivity contribution in [2.24, 2.45) is 0 Å². The van der Waals surface area contributed by atoms with Crippen LogP contribution in [0.4, 0.5) is 0 Å². The van der Waals surface area contributed by atoms with Gasteiger partial charge in [0.05, 0.1) is 12.3 Å². The Morgan fingerprint density at radius 3 is 2.32 bits per heavy atom. The van der Waals surface area contributed by atoms with E-state index in [1.807, 2.05) is 24.3 Å². The van der Waals surface area contributed by atoms with Gasteiger partial charge in [-0.1, -0.05) is 67.0 Å². The zero-order valence-electron chi connectivity index (χ0n) is 16.0. The highest BCUT2D eigenvalue weighted by molar-refractivity contribution is 7.88. The molecule has 0 unspecified atom stereocenters.